The van der Waals surface area contributed by atoms with Crippen molar-refractivity contribution < 1.29 is 15.0 Å². The van der Waals surface area contributed by atoms with Crippen molar-refractivity contribution in [1.29, 1.82) is 0 Å². The maximum Gasteiger partial charge on any atom is 0.220 e. The van der Waals surface area contributed by atoms with Crippen LogP contribution in [0.5, 0.6) is 0 Å². The number of carbonyl (C=O) groups is 1. The largest absolute Gasteiger partial charge is 0.394 e. The van der Waals surface area contributed by atoms with Crippen molar-refractivity contribution in [2.24, 2.45) is 0 Å². The Morgan fingerprint density at radius 1 is 1.15 bits per heavy atom. The Balaban J connectivity index is 3.93. The molecule has 4 nitrogen and oxygen atoms in total. The molecule has 0 aromatic heterocycles. The van der Waals surface area contributed by atoms with Crippen molar-refractivity contribution >= 4 is 5.91 Å². The highest BCUT2D eigenvalue weighted by Crippen LogP contribution is 2.05. The molecule has 118 valence electrons. The standard InChI is InChI=1S/C16H31NO3/c1-3-5-7-8-10-12-16(20)17-14(13-18)15(19)11-9-6-4-2/h9,11,14-15,18-19H,3-8,10,12-13H2,1-2H3,(H,17,20)/b11-9+/t14-,15+/m0/s1. The van der Waals surface area contributed by atoms with E-state index in [2.05, 4.69) is 19.2 Å². The number of carbonyl (C=O) groups excluding carboxylic acids is 1. The van der Waals surface area contributed by atoms with Gasteiger partial charge in [0.05, 0.1) is 18.8 Å². The van der Waals surface area contributed by atoms with E-state index in [1.807, 2.05) is 6.08 Å². The summed E-state index contributed by atoms with van der Waals surface area (Å²) in [6.07, 6.45) is 10.6. The zero-order chi connectivity index (χ0) is 15.2. The molecule has 1 amide bonds. The molecule has 0 heterocycles. The van der Waals surface area contributed by atoms with Crippen LogP contribution in [0.2, 0.25) is 0 Å². The first-order chi connectivity index (χ1) is 9.65. The van der Waals surface area contributed by atoms with Crippen molar-refractivity contribution in [3.8, 4) is 0 Å². The monoisotopic (exact) mass is 285 g/mol. The average molecular weight is 285 g/mol. The molecule has 20 heavy (non-hydrogen) atoms. The van der Waals surface area contributed by atoms with Crippen molar-refractivity contribution in [3.63, 3.8) is 0 Å². The lowest BCUT2D eigenvalue weighted by atomic mass is 10.1. The molecule has 0 saturated heterocycles. The average Bonchev–Trinajstić information content (AvgIpc) is 2.44. The summed E-state index contributed by atoms with van der Waals surface area (Å²) in [6.45, 7) is 3.96. The summed E-state index contributed by atoms with van der Waals surface area (Å²) in [6, 6.07) is -0.605. The van der Waals surface area contributed by atoms with Crippen LogP contribution in [0, 0.1) is 0 Å². The second-order valence-corrected chi connectivity index (χ2v) is 5.23. The third-order valence-corrected chi connectivity index (χ3v) is 3.25. The van der Waals surface area contributed by atoms with Crippen LogP contribution in [0.4, 0.5) is 0 Å². The van der Waals surface area contributed by atoms with Gasteiger partial charge >= 0.3 is 0 Å². The van der Waals surface area contributed by atoms with Crippen LogP contribution in [-0.4, -0.2) is 34.9 Å². The molecule has 0 unspecified atom stereocenters. The molecule has 0 fully saturated rings. The summed E-state index contributed by atoms with van der Waals surface area (Å²) in [5, 5.41) is 21.8. The summed E-state index contributed by atoms with van der Waals surface area (Å²) in [5.41, 5.74) is 0. The van der Waals surface area contributed by atoms with Crippen LogP contribution >= 0.6 is 0 Å². The van der Waals surface area contributed by atoms with Gasteiger partial charge in [0, 0.05) is 6.42 Å². The lowest BCUT2D eigenvalue weighted by molar-refractivity contribution is -0.123. The number of rotatable bonds is 12. The third kappa shape index (κ3) is 9.98. The molecule has 3 N–H and O–H groups in total. The lowest BCUT2D eigenvalue weighted by Crippen LogP contribution is -2.45. The number of hydrogen-bond acceptors (Lipinski definition) is 3. The summed E-state index contributed by atoms with van der Waals surface area (Å²) < 4.78 is 0. The zero-order valence-electron chi connectivity index (χ0n) is 13.0. The second-order valence-electron chi connectivity index (χ2n) is 5.23. The fourth-order valence-electron chi connectivity index (χ4n) is 1.94. The van der Waals surface area contributed by atoms with E-state index >= 15 is 0 Å². The molecular weight excluding hydrogens is 254 g/mol. The van der Waals surface area contributed by atoms with Gasteiger partial charge in [-0.15, -0.1) is 0 Å². The van der Waals surface area contributed by atoms with Gasteiger partial charge in [-0.05, 0) is 12.8 Å². The summed E-state index contributed by atoms with van der Waals surface area (Å²) in [7, 11) is 0. The Morgan fingerprint density at radius 3 is 2.45 bits per heavy atom. The van der Waals surface area contributed by atoms with Gasteiger partial charge < -0.3 is 15.5 Å². The minimum Gasteiger partial charge on any atom is -0.394 e. The van der Waals surface area contributed by atoms with Crippen LogP contribution in [0.3, 0.4) is 0 Å². The predicted octanol–water partition coefficient (Wildman–Crippen LogP) is 2.54. The third-order valence-electron chi connectivity index (χ3n) is 3.25. The summed E-state index contributed by atoms with van der Waals surface area (Å²) >= 11 is 0. The van der Waals surface area contributed by atoms with Crippen LogP contribution in [0.1, 0.15) is 65.2 Å². The first-order valence-electron chi connectivity index (χ1n) is 7.90. The normalized spacial score (nSPS) is 14.4. The molecule has 0 aliphatic heterocycles. The SMILES string of the molecule is CCC/C=C/[C@@H](O)[C@H](CO)NC(=O)CCCCCCC. The van der Waals surface area contributed by atoms with Crippen LogP contribution in [-0.2, 0) is 4.79 Å². The lowest BCUT2D eigenvalue weighted by Gasteiger charge is -2.19. The van der Waals surface area contributed by atoms with Crippen LogP contribution < -0.4 is 5.32 Å². The minimum atomic E-state index is -0.824. The number of aliphatic hydroxyl groups excluding tert-OH is 2. The second kappa shape index (κ2) is 13.1. The van der Waals surface area contributed by atoms with Gasteiger partial charge in [0.1, 0.15) is 0 Å². The molecule has 0 saturated carbocycles. The number of amides is 1. The first kappa shape index (κ1) is 19.1. The van der Waals surface area contributed by atoms with E-state index in [1.165, 1.54) is 12.8 Å². The Morgan fingerprint density at radius 2 is 1.85 bits per heavy atom. The highest BCUT2D eigenvalue weighted by Gasteiger charge is 2.17. The highest BCUT2D eigenvalue weighted by molar-refractivity contribution is 5.76. The molecule has 4 heteroatoms. The van der Waals surface area contributed by atoms with E-state index in [-0.39, 0.29) is 12.5 Å². The summed E-state index contributed by atoms with van der Waals surface area (Å²) in [5.74, 6) is -0.0940. The topological polar surface area (TPSA) is 69.6 Å². The molecule has 0 aromatic carbocycles. The number of nitrogens with one attached hydrogen (secondary N) is 1. The van der Waals surface area contributed by atoms with Crippen LogP contribution in [0.25, 0.3) is 0 Å². The number of aliphatic hydroxyl groups is 2. The minimum absolute atomic E-state index is 0.0940. The van der Waals surface area contributed by atoms with E-state index in [9.17, 15) is 15.0 Å². The Hall–Kier alpha value is -0.870. The summed E-state index contributed by atoms with van der Waals surface area (Å²) in [4.78, 5) is 11.7. The van der Waals surface area contributed by atoms with Gasteiger partial charge in [-0.25, -0.2) is 0 Å². The molecule has 0 aliphatic carbocycles. The first-order valence-corrected chi connectivity index (χ1v) is 7.90. The number of unbranched alkanes of at least 4 members (excludes halogenated alkanes) is 5. The van der Waals surface area contributed by atoms with E-state index in [0.717, 1.165) is 32.1 Å². The van der Waals surface area contributed by atoms with E-state index in [4.69, 9.17) is 0 Å². The van der Waals surface area contributed by atoms with Crippen molar-refractivity contribution in [2.45, 2.75) is 77.4 Å². The number of allylic oxidation sites excluding steroid dienone is 1. The fourth-order valence-corrected chi connectivity index (χ4v) is 1.94. The Bertz CT molecular complexity index is 266. The van der Waals surface area contributed by atoms with E-state index in [1.54, 1.807) is 6.08 Å². The smallest absolute Gasteiger partial charge is 0.220 e. The fraction of sp³-hybridized carbons (Fsp3) is 0.812. The van der Waals surface area contributed by atoms with Gasteiger partial charge in [0.25, 0.3) is 0 Å². The van der Waals surface area contributed by atoms with Gasteiger partial charge in [0.2, 0.25) is 5.91 Å². The molecule has 0 aromatic rings. The van der Waals surface area contributed by atoms with Gasteiger partial charge in [-0.1, -0.05) is 58.1 Å². The molecule has 0 spiro atoms. The maximum atomic E-state index is 11.7. The number of hydrogen-bond donors (Lipinski definition) is 3. The highest BCUT2D eigenvalue weighted by atomic mass is 16.3. The predicted molar refractivity (Wildman–Crippen MR) is 82.4 cm³/mol. The van der Waals surface area contributed by atoms with Crippen LogP contribution in [0.15, 0.2) is 12.2 Å². The van der Waals surface area contributed by atoms with Crippen molar-refractivity contribution in [1.82, 2.24) is 5.32 Å². The molecule has 0 aliphatic rings. The van der Waals surface area contributed by atoms with Crippen molar-refractivity contribution in [3.05, 3.63) is 12.2 Å². The van der Waals surface area contributed by atoms with Gasteiger partial charge in [-0.3, -0.25) is 4.79 Å². The molecular formula is C16H31NO3. The quantitative estimate of drug-likeness (QED) is 0.381. The molecule has 2 atom stereocenters. The van der Waals surface area contributed by atoms with Gasteiger partial charge in [-0.2, -0.15) is 0 Å². The van der Waals surface area contributed by atoms with Gasteiger partial charge in [0.15, 0.2) is 0 Å². The molecule has 0 radical (unpaired) electrons. The molecule has 0 rings (SSSR count). The molecule has 0 bridgehead atoms. The Labute approximate surface area is 123 Å². The van der Waals surface area contributed by atoms with E-state index in [0.29, 0.717) is 6.42 Å². The van der Waals surface area contributed by atoms with E-state index < -0.39 is 12.1 Å². The zero-order valence-corrected chi connectivity index (χ0v) is 13.0. The Kier molecular flexibility index (Phi) is 12.6. The maximum absolute atomic E-state index is 11.7. The van der Waals surface area contributed by atoms with Crippen molar-refractivity contribution in [2.75, 3.05) is 6.61 Å².